The fourth-order valence-corrected chi connectivity index (χ4v) is 5.18. The molecule has 0 radical (unpaired) electrons. The lowest BCUT2D eigenvalue weighted by Crippen LogP contribution is -2.27. The number of aromatic nitrogens is 5. The summed E-state index contributed by atoms with van der Waals surface area (Å²) in [7, 11) is 0. The third-order valence-corrected chi connectivity index (χ3v) is 6.89. The zero-order valence-corrected chi connectivity index (χ0v) is 17.9. The zero-order chi connectivity index (χ0) is 19.8. The molecule has 0 spiro atoms. The van der Waals surface area contributed by atoms with Crippen molar-refractivity contribution in [3.8, 4) is 5.88 Å². The van der Waals surface area contributed by atoms with Crippen LogP contribution in [0.2, 0.25) is 0 Å². The van der Waals surface area contributed by atoms with Gasteiger partial charge in [-0.3, -0.25) is 5.10 Å². The minimum atomic E-state index is 0.444. The number of fused-ring (bicyclic) bond motifs is 1. The van der Waals surface area contributed by atoms with Crippen molar-refractivity contribution >= 4 is 44.7 Å². The van der Waals surface area contributed by atoms with Gasteiger partial charge >= 0.3 is 0 Å². The van der Waals surface area contributed by atoms with E-state index in [9.17, 15) is 0 Å². The van der Waals surface area contributed by atoms with Crippen LogP contribution >= 0.6 is 22.9 Å². The van der Waals surface area contributed by atoms with Crippen LogP contribution in [0.1, 0.15) is 49.8 Å². The van der Waals surface area contributed by atoms with Crippen molar-refractivity contribution in [2.75, 3.05) is 11.9 Å². The van der Waals surface area contributed by atoms with Crippen molar-refractivity contribution in [1.29, 1.82) is 0 Å². The second-order valence-electron chi connectivity index (χ2n) is 7.77. The molecule has 1 saturated carbocycles. The lowest BCUT2D eigenvalue weighted by atomic mass is 9.74. The van der Waals surface area contributed by atoms with Gasteiger partial charge in [0.2, 0.25) is 5.88 Å². The quantitative estimate of drug-likeness (QED) is 0.416. The van der Waals surface area contributed by atoms with Gasteiger partial charge in [0.15, 0.2) is 11.6 Å². The number of aromatic amines is 1. The molecule has 1 aliphatic carbocycles. The van der Waals surface area contributed by atoms with E-state index >= 15 is 0 Å². The molecular weight excluding hydrogens is 404 g/mol. The molecule has 1 aliphatic rings. The molecule has 150 valence electrons. The van der Waals surface area contributed by atoms with E-state index in [1.54, 1.807) is 17.5 Å². The summed E-state index contributed by atoms with van der Waals surface area (Å²) in [6.45, 7) is 5.08. The first kappa shape index (κ1) is 18.5. The SMILES string of the molecule is CC(C)c1csnc1OCC1CC(c2cc(Nc3nccc4ncsc34)n[nH]2)C1. The Morgan fingerprint density at radius 3 is 3.07 bits per heavy atom. The smallest absolute Gasteiger partial charge is 0.228 e. The molecule has 1 fully saturated rings. The maximum atomic E-state index is 5.99. The van der Waals surface area contributed by atoms with Crippen molar-refractivity contribution < 1.29 is 4.74 Å². The molecule has 0 bridgehead atoms. The molecule has 4 aromatic heterocycles. The molecule has 0 unspecified atom stereocenters. The normalized spacial score (nSPS) is 18.9. The molecule has 4 aromatic rings. The highest BCUT2D eigenvalue weighted by molar-refractivity contribution is 7.17. The summed E-state index contributed by atoms with van der Waals surface area (Å²) in [6.07, 6.45) is 3.97. The maximum Gasteiger partial charge on any atom is 0.228 e. The van der Waals surface area contributed by atoms with Crippen molar-refractivity contribution in [3.63, 3.8) is 0 Å². The fraction of sp³-hybridized carbons (Fsp3) is 0.400. The summed E-state index contributed by atoms with van der Waals surface area (Å²) in [5.41, 5.74) is 5.15. The van der Waals surface area contributed by atoms with Gasteiger partial charge in [0, 0.05) is 34.8 Å². The first-order valence-corrected chi connectivity index (χ1v) is 11.5. The van der Waals surface area contributed by atoms with E-state index in [1.807, 2.05) is 11.6 Å². The molecule has 0 atom stereocenters. The lowest BCUT2D eigenvalue weighted by Gasteiger charge is -2.34. The highest BCUT2D eigenvalue weighted by atomic mass is 32.1. The van der Waals surface area contributed by atoms with Gasteiger partial charge in [-0.05, 0) is 42.3 Å². The van der Waals surface area contributed by atoms with Crippen molar-refractivity contribution in [2.24, 2.45) is 5.92 Å². The van der Waals surface area contributed by atoms with Crippen LogP contribution in [0.15, 0.2) is 29.2 Å². The molecule has 29 heavy (non-hydrogen) atoms. The number of nitrogens with one attached hydrogen (secondary N) is 2. The van der Waals surface area contributed by atoms with Crippen LogP contribution in [0.25, 0.3) is 10.2 Å². The van der Waals surface area contributed by atoms with Gasteiger partial charge in [0.25, 0.3) is 0 Å². The Bertz CT molecular complexity index is 1110. The third kappa shape index (κ3) is 3.72. The topological polar surface area (TPSA) is 88.6 Å². The van der Waals surface area contributed by atoms with E-state index in [0.717, 1.165) is 52.9 Å². The largest absolute Gasteiger partial charge is 0.477 e. The van der Waals surface area contributed by atoms with E-state index in [0.29, 0.717) is 17.8 Å². The van der Waals surface area contributed by atoms with Crippen LogP contribution in [-0.2, 0) is 0 Å². The Kier molecular flexibility index (Phi) is 4.92. The summed E-state index contributed by atoms with van der Waals surface area (Å²) >= 11 is 3.05. The first-order chi connectivity index (χ1) is 14.2. The molecule has 0 saturated heterocycles. The van der Waals surface area contributed by atoms with Gasteiger partial charge in [0.05, 0.1) is 22.3 Å². The number of thiazole rings is 1. The maximum absolute atomic E-state index is 5.99. The van der Waals surface area contributed by atoms with Crippen molar-refractivity contribution in [1.82, 2.24) is 24.5 Å². The standard InChI is InChI=1S/C20H22N6OS2/c1-11(2)14-9-29-26-20(14)27-8-12-5-13(6-12)16-7-17(25-24-16)23-19-18-15(3-4-21-19)22-10-28-18/h3-4,7,9-13H,5-6,8H2,1-2H3,(H2,21,23,24,25). The average Bonchev–Trinajstić information content (AvgIpc) is 3.41. The molecule has 0 aromatic carbocycles. The lowest BCUT2D eigenvalue weighted by molar-refractivity contribution is 0.152. The van der Waals surface area contributed by atoms with Crippen LogP contribution in [-0.4, -0.2) is 31.1 Å². The average molecular weight is 427 g/mol. The summed E-state index contributed by atoms with van der Waals surface area (Å²) < 4.78 is 11.4. The van der Waals surface area contributed by atoms with Crippen LogP contribution < -0.4 is 10.1 Å². The third-order valence-electron chi connectivity index (χ3n) is 5.41. The number of rotatable bonds is 7. The highest BCUT2D eigenvalue weighted by Gasteiger charge is 2.32. The summed E-state index contributed by atoms with van der Waals surface area (Å²) in [5, 5.41) is 13.0. The molecule has 7 nitrogen and oxygen atoms in total. The van der Waals surface area contributed by atoms with E-state index in [1.165, 1.54) is 17.1 Å². The Morgan fingerprint density at radius 2 is 2.21 bits per heavy atom. The molecule has 5 rings (SSSR count). The van der Waals surface area contributed by atoms with Crippen molar-refractivity contribution in [2.45, 2.75) is 38.5 Å². The predicted octanol–water partition coefficient (Wildman–Crippen LogP) is 5.31. The summed E-state index contributed by atoms with van der Waals surface area (Å²) in [5.74, 6) is 3.91. The van der Waals surface area contributed by atoms with Gasteiger partial charge in [-0.25, -0.2) is 9.97 Å². The van der Waals surface area contributed by atoms with Gasteiger partial charge < -0.3 is 10.1 Å². The summed E-state index contributed by atoms with van der Waals surface area (Å²) in [6, 6.07) is 4.00. The van der Waals surface area contributed by atoms with E-state index < -0.39 is 0 Å². The summed E-state index contributed by atoms with van der Waals surface area (Å²) in [4.78, 5) is 8.76. The zero-order valence-electron chi connectivity index (χ0n) is 16.3. The second kappa shape index (κ2) is 7.72. The molecule has 0 amide bonds. The first-order valence-electron chi connectivity index (χ1n) is 9.75. The van der Waals surface area contributed by atoms with Gasteiger partial charge in [0.1, 0.15) is 0 Å². The van der Waals surface area contributed by atoms with Crippen LogP contribution in [0.5, 0.6) is 5.88 Å². The Labute approximate surface area is 176 Å². The van der Waals surface area contributed by atoms with Gasteiger partial charge in [-0.1, -0.05) is 13.8 Å². The van der Waals surface area contributed by atoms with E-state index in [4.69, 9.17) is 4.74 Å². The number of nitrogens with zero attached hydrogens (tertiary/aromatic N) is 4. The minimum Gasteiger partial charge on any atom is -0.477 e. The van der Waals surface area contributed by atoms with Gasteiger partial charge in [-0.15, -0.1) is 11.3 Å². The minimum absolute atomic E-state index is 0.444. The second-order valence-corrected chi connectivity index (χ2v) is 9.25. The van der Waals surface area contributed by atoms with Crippen molar-refractivity contribution in [3.05, 3.63) is 40.5 Å². The van der Waals surface area contributed by atoms with Crippen LogP contribution in [0.3, 0.4) is 0 Å². The Balaban J connectivity index is 1.16. The number of hydrogen-bond acceptors (Lipinski definition) is 8. The Hall–Kier alpha value is -2.52. The molecular formula is C20H22N6OS2. The van der Waals surface area contributed by atoms with Gasteiger partial charge in [-0.2, -0.15) is 9.47 Å². The van der Waals surface area contributed by atoms with E-state index in [2.05, 4.69) is 55.1 Å². The number of H-pyrrole nitrogens is 1. The molecule has 9 heteroatoms. The van der Waals surface area contributed by atoms with Crippen LogP contribution in [0, 0.1) is 5.92 Å². The number of pyridine rings is 1. The highest BCUT2D eigenvalue weighted by Crippen LogP contribution is 2.42. The fourth-order valence-electron chi connectivity index (χ4n) is 3.66. The molecule has 0 aliphatic heterocycles. The number of ether oxygens (including phenoxy) is 1. The molecule has 2 N–H and O–H groups in total. The van der Waals surface area contributed by atoms with Crippen LogP contribution in [0.4, 0.5) is 11.6 Å². The van der Waals surface area contributed by atoms with E-state index in [-0.39, 0.29) is 0 Å². The number of anilines is 2. The Morgan fingerprint density at radius 1 is 1.31 bits per heavy atom. The molecule has 4 heterocycles. The predicted molar refractivity (Wildman–Crippen MR) is 116 cm³/mol. The monoisotopic (exact) mass is 426 g/mol. The number of hydrogen-bond donors (Lipinski definition) is 2.